The van der Waals surface area contributed by atoms with Crippen LogP contribution in [0.25, 0.3) is 0 Å². The van der Waals surface area contributed by atoms with Crippen LogP contribution in [0.1, 0.15) is 23.0 Å². The van der Waals surface area contributed by atoms with Crippen LogP contribution in [0, 0.1) is 5.82 Å². The maximum atomic E-state index is 13.0. The third-order valence-electron chi connectivity index (χ3n) is 2.56. The van der Waals surface area contributed by atoms with Gasteiger partial charge in [-0.1, -0.05) is 6.07 Å². The van der Waals surface area contributed by atoms with Gasteiger partial charge in [0.1, 0.15) is 18.2 Å². The number of hydrogen-bond acceptors (Lipinski definition) is 4. The summed E-state index contributed by atoms with van der Waals surface area (Å²) in [6.45, 7) is 2.09. The summed E-state index contributed by atoms with van der Waals surface area (Å²) in [5, 5.41) is 0. The van der Waals surface area contributed by atoms with Crippen molar-refractivity contribution in [2.24, 2.45) is 0 Å². The molecule has 104 valence electrons. The third kappa shape index (κ3) is 3.54. The summed E-state index contributed by atoms with van der Waals surface area (Å²) in [5.74, 6) is -0.446. The topological polar surface area (TPSA) is 48.4 Å². The van der Waals surface area contributed by atoms with Crippen LogP contribution in [0.5, 0.6) is 5.75 Å². The lowest BCUT2D eigenvalue weighted by Crippen LogP contribution is -2.11. The molecule has 2 aromatic rings. The molecule has 0 N–H and O–H groups in total. The van der Waals surface area contributed by atoms with Crippen LogP contribution in [0.4, 0.5) is 4.39 Å². The van der Waals surface area contributed by atoms with Crippen LogP contribution in [0.15, 0.2) is 42.6 Å². The predicted molar refractivity (Wildman–Crippen MR) is 70.9 cm³/mol. The van der Waals surface area contributed by atoms with E-state index in [-0.39, 0.29) is 19.0 Å². The molecule has 0 fully saturated rings. The van der Waals surface area contributed by atoms with Crippen LogP contribution in [0.3, 0.4) is 0 Å². The van der Waals surface area contributed by atoms with Gasteiger partial charge < -0.3 is 9.47 Å². The minimum atomic E-state index is -0.446. The van der Waals surface area contributed by atoms with Crippen LogP contribution in [-0.4, -0.2) is 17.6 Å². The Balaban J connectivity index is 2.11. The molecule has 1 aromatic heterocycles. The van der Waals surface area contributed by atoms with E-state index < -0.39 is 5.97 Å². The van der Waals surface area contributed by atoms with E-state index in [4.69, 9.17) is 9.47 Å². The molecule has 4 nitrogen and oxygen atoms in total. The number of aromatic nitrogens is 1. The number of rotatable bonds is 5. The van der Waals surface area contributed by atoms with Crippen LogP contribution >= 0.6 is 0 Å². The molecule has 0 saturated heterocycles. The maximum absolute atomic E-state index is 13.0. The number of carbonyl (C=O) groups excluding carboxylic acids is 1. The molecule has 0 atom stereocenters. The molecule has 0 saturated carbocycles. The molecular formula is C15H14FNO3. The van der Waals surface area contributed by atoms with Gasteiger partial charge in [0, 0.05) is 12.3 Å². The number of pyridine rings is 1. The minimum Gasteiger partial charge on any atom is -0.487 e. The number of carbonyl (C=O) groups is 1. The highest BCUT2D eigenvalue weighted by molar-refractivity contribution is 5.90. The van der Waals surface area contributed by atoms with Gasteiger partial charge >= 0.3 is 5.97 Å². The van der Waals surface area contributed by atoms with Crippen molar-refractivity contribution in [1.82, 2.24) is 4.98 Å². The van der Waals surface area contributed by atoms with E-state index in [1.807, 2.05) is 0 Å². The van der Waals surface area contributed by atoms with Crippen molar-refractivity contribution in [3.8, 4) is 5.75 Å². The molecule has 5 heteroatoms. The number of nitrogens with zero attached hydrogens (tertiary/aromatic N) is 1. The van der Waals surface area contributed by atoms with Crippen molar-refractivity contribution < 1.29 is 18.7 Å². The molecular weight excluding hydrogens is 261 g/mol. The van der Waals surface area contributed by atoms with Crippen molar-refractivity contribution in [3.63, 3.8) is 0 Å². The lowest BCUT2D eigenvalue weighted by Gasteiger charge is -2.09. The number of benzene rings is 1. The first kappa shape index (κ1) is 14.0. The van der Waals surface area contributed by atoms with Gasteiger partial charge in [0.05, 0.1) is 17.9 Å². The first-order chi connectivity index (χ1) is 9.70. The second-order valence-electron chi connectivity index (χ2n) is 3.96. The maximum Gasteiger partial charge on any atom is 0.340 e. The molecule has 0 aliphatic heterocycles. The molecule has 1 heterocycles. The molecule has 0 spiro atoms. The van der Waals surface area contributed by atoms with Gasteiger partial charge in [-0.15, -0.1) is 0 Å². The zero-order valence-corrected chi connectivity index (χ0v) is 11.0. The van der Waals surface area contributed by atoms with E-state index in [1.54, 1.807) is 37.4 Å². The van der Waals surface area contributed by atoms with Gasteiger partial charge in [0.15, 0.2) is 0 Å². The lowest BCUT2D eigenvalue weighted by molar-refractivity contribution is 0.0522. The summed E-state index contributed by atoms with van der Waals surface area (Å²) in [7, 11) is 0. The quantitative estimate of drug-likeness (QED) is 0.787. The Kier molecular flexibility index (Phi) is 4.65. The minimum absolute atomic E-state index is 0.0679. The van der Waals surface area contributed by atoms with Crippen molar-refractivity contribution in [1.29, 1.82) is 0 Å². The van der Waals surface area contributed by atoms with Crippen LogP contribution in [-0.2, 0) is 11.3 Å². The van der Waals surface area contributed by atoms with Crippen LogP contribution in [0.2, 0.25) is 0 Å². The smallest absolute Gasteiger partial charge is 0.340 e. The van der Waals surface area contributed by atoms with E-state index in [9.17, 15) is 9.18 Å². The van der Waals surface area contributed by atoms with E-state index in [0.29, 0.717) is 17.0 Å². The zero-order chi connectivity index (χ0) is 14.4. The Labute approximate surface area is 116 Å². The molecule has 0 bridgehead atoms. The van der Waals surface area contributed by atoms with E-state index >= 15 is 0 Å². The van der Waals surface area contributed by atoms with Crippen molar-refractivity contribution in [2.75, 3.05) is 6.61 Å². The summed E-state index contributed by atoms with van der Waals surface area (Å²) in [6.07, 6.45) is 1.56. The Hall–Kier alpha value is -2.43. The van der Waals surface area contributed by atoms with Crippen molar-refractivity contribution in [3.05, 3.63) is 59.7 Å². The van der Waals surface area contributed by atoms with E-state index in [0.717, 1.165) is 0 Å². The normalized spacial score (nSPS) is 10.1. The fraction of sp³-hybridized carbons (Fsp3) is 0.200. The summed E-state index contributed by atoms with van der Waals surface area (Å²) in [5.41, 5.74) is 0.806. The highest BCUT2D eigenvalue weighted by atomic mass is 19.1. The number of esters is 1. The largest absolute Gasteiger partial charge is 0.487 e. The number of halogens is 1. The molecule has 1 aromatic carbocycles. The average Bonchev–Trinajstić information content (AvgIpc) is 2.46. The Morgan fingerprint density at radius 3 is 2.90 bits per heavy atom. The fourth-order valence-corrected chi connectivity index (χ4v) is 1.66. The van der Waals surface area contributed by atoms with Gasteiger partial charge in [-0.3, -0.25) is 4.98 Å². The number of hydrogen-bond donors (Lipinski definition) is 0. The van der Waals surface area contributed by atoms with Gasteiger partial charge in [-0.25, -0.2) is 9.18 Å². The predicted octanol–water partition coefficient (Wildman–Crippen LogP) is 2.98. The first-order valence-corrected chi connectivity index (χ1v) is 6.20. The Morgan fingerprint density at radius 2 is 2.15 bits per heavy atom. The second-order valence-corrected chi connectivity index (χ2v) is 3.96. The molecule has 2 rings (SSSR count). The van der Waals surface area contributed by atoms with Gasteiger partial charge in [0.25, 0.3) is 0 Å². The highest BCUT2D eigenvalue weighted by Crippen LogP contribution is 2.15. The summed E-state index contributed by atoms with van der Waals surface area (Å²) >= 11 is 0. The summed E-state index contributed by atoms with van der Waals surface area (Å²) < 4.78 is 23.4. The zero-order valence-electron chi connectivity index (χ0n) is 11.0. The van der Waals surface area contributed by atoms with E-state index in [2.05, 4.69) is 4.98 Å². The Morgan fingerprint density at radius 1 is 1.30 bits per heavy atom. The standard InChI is InChI=1S/C15H14FNO3/c1-2-19-15(18)13-7-4-8-17-14(13)10-20-12-6-3-5-11(16)9-12/h3-9H,2,10H2,1H3. The van der Waals surface area contributed by atoms with Crippen LogP contribution < -0.4 is 4.74 Å². The monoisotopic (exact) mass is 275 g/mol. The highest BCUT2D eigenvalue weighted by Gasteiger charge is 2.13. The van der Waals surface area contributed by atoms with Gasteiger partial charge in [-0.2, -0.15) is 0 Å². The van der Waals surface area contributed by atoms with Crippen molar-refractivity contribution in [2.45, 2.75) is 13.5 Å². The SMILES string of the molecule is CCOC(=O)c1cccnc1COc1cccc(F)c1. The van der Waals surface area contributed by atoms with Crippen molar-refractivity contribution >= 4 is 5.97 Å². The second kappa shape index (κ2) is 6.65. The molecule has 0 aliphatic carbocycles. The summed E-state index contributed by atoms with van der Waals surface area (Å²) in [6, 6.07) is 9.06. The lowest BCUT2D eigenvalue weighted by atomic mass is 10.2. The first-order valence-electron chi connectivity index (χ1n) is 6.20. The third-order valence-corrected chi connectivity index (χ3v) is 2.56. The molecule has 0 unspecified atom stereocenters. The molecule has 20 heavy (non-hydrogen) atoms. The average molecular weight is 275 g/mol. The Bertz CT molecular complexity index is 601. The fourth-order valence-electron chi connectivity index (χ4n) is 1.66. The van der Waals surface area contributed by atoms with Gasteiger partial charge in [-0.05, 0) is 31.2 Å². The summed E-state index contributed by atoms with van der Waals surface area (Å²) in [4.78, 5) is 15.9. The van der Waals surface area contributed by atoms with Gasteiger partial charge in [0.2, 0.25) is 0 Å². The molecule has 0 amide bonds. The molecule has 0 aliphatic rings. The number of ether oxygens (including phenoxy) is 2. The van der Waals surface area contributed by atoms with E-state index in [1.165, 1.54) is 12.1 Å². The molecule has 0 radical (unpaired) electrons.